The van der Waals surface area contributed by atoms with Crippen LogP contribution in [-0.2, 0) is 11.2 Å². The Balaban J connectivity index is 2.10. The van der Waals surface area contributed by atoms with Gasteiger partial charge in [-0.25, -0.2) is 0 Å². The fraction of sp³-hybridized carbons (Fsp3) is 0.571. The summed E-state index contributed by atoms with van der Waals surface area (Å²) in [5, 5.41) is 0. The summed E-state index contributed by atoms with van der Waals surface area (Å²) in [5.41, 5.74) is 2.72. The highest BCUT2D eigenvalue weighted by molar-refractivity contribution is 9.09. The van der Waals surface area contributed by atoms with Crippen LogP contribution in [-0.4, -0.2) is 22.7 Å². The number of rotatable bonds is 5. The van der Waals surface area contributed by atoms with Crippen molar-refractivity contribution in [1.29, 1.82) is 0 Å². The van der Waals surface area contributed by atoms with Gasteiger partial charge in [-0.1, -0.05) is 40.2 Å². The Bertz CT molecular complexity index is 386. The summed E-state index contributed by atoms with van der Waals surface area (Å²) in [7, 11) is 0. The van der Waals surface area contributed by atoms with E-state index in [1.54, 1.807) is 0 Å². The van der Waals surface area contributed by atoms with Crippen molar-refractivity contribution in [1.82, 2.24) is 0 Å². The Kier molecular flexibility index (Phi) is 5.81. The van der Waals surface area contributed by atoms with Gasteiger partial charge < -0.3 is 4.74 Å². The highest BCUT2D eigenvalue weighted by atomic mass is 79.9. The fourth-order valence-electron chi connectivity index (χ4n) is 2.38. The van der Waals surface area contributed by atoms with Gasteiger partial charge in [0, 0.05) is 11.8 Å². The van der Waals surface area contributed by atoms with Gasteiger partial charge in [-0.3, -0.25) is 0 Å². The molecule has 0 bridgehead atoms. The topological polar surface area (TPSA) is 9.23 Å². The number of alkyl halides is 3. The molecule has 1 aromatic carbocycles. The minimum Gasteiger partial charge on any atom is -0.368 e. The maximum absolute atomic E-state index is 6.16. The van der Waals surface area contributed by atoms with Crippen molar-refractivity contribution in [3.05, 3.63) is 35.4 Å². The molecule has 0 fully saturated rings. The molecule has 0 radical (unpaired) electrons. The van der Waals surface area contributed by atoms with Gasteiger partial charge in [0.05, 0.1) is 17.0 Å². The number of aryl methyl sites for hydroxylation is 1. The first-order chi connectivity index (χ1) is 8.76. The molecule has 2 rings (SSSR count). The first-order valence-corrected chi connectivity index (χ1v) is 8.24. The smallest absolute Gasteiger partial charge is 0.0855 e. The summed E-state index contributed by atoms with van der Waals surface area (Å²) in [5.74, 6) is 0.965. The second kappa shape index (κ2) is 7.14. The van der Waals surface area contributed by atoms with E-state index in [-0.39, 0.29) is 17.0 Å². The summed E-state index contributed by atoms with van der Waals surface area (Å²) in [4.78, 5) is 0.103. The summed E-state index contributed by atoms with van der Waals surface area (Å²) >= 11 is 15.4. The van der Waals surface area contributed by atoms with Crippen LogP contribution in [0.15, 0.2) is 24.3 Å². The molecule has 1 aromatic rings. The first kappa shape index (κ1) is 14.6. The highest BCUT2D eigenvalue weighted by Crippen LogP contribution is 2.34. The van der Waals surface area contributed by atoms with Crippen LogP contribution in [0.1, 0.15) is 30.1 Å². The molecule has 3 atom stereocenters. The summed E-state index contributed by atoms with van der Waals surface area (Å²) < 4.78 is 6.16. The molecule has 1 aliphatic carbocycles. The number of hydrogen-bond donors (Lipinski definition) is 0. The van der Waals surface area contributed by atoms with Gasteiger partial charge in [-0.15, -0.1) is 23.2 Å². The number of hydrogen-bond acceptors (Lipinski definition) is 1. The molecule has 4 heteroatoms. The largest absolute Gasteiger partial charge is 0.368 e. The zero-order chi connectivity index (χ0) is 13.0. The third-order valence-corrected chi connectivity index (χ3v) is 5.28. The lowest BCUT2D eigenvalue weighted by Crippen LogP contribution is -2.30. The van der Waals surface area contributed by atoms with Crippen molar-refractivity contribution >= 4 is 39.1 Å². The van der Waals surface area contributed by atoms with Crippen molar-refractivity contribution in [2.75, 3.05) is 11.8 Å². The van der Waals surface area contributed by atoms with Crippen LogP contribution < -0.4 is 0 Å². The average Bonchev–Trinajstić information content (AvgIpc) is 2.44. The number of ether oxygens (including phenoxy) is 1. The number of fused-ring (bicyclic) bond motifs is 1. The predicted octanol–water partition coefficient (Wildman–Crippen LogP) is 4.69. The average molecular weight is 352 g/mol. The molecule has 0 spiro atoms. The zero-order valence-electron chi connectivity index (χ0n) is 10.1. The molecule has 1 nitrogen and oxygen atoms in total. The molecular weight excluding hydrogens is 335 g/mol. The molecule has 18 heavy (non-hydrogen) atoms. The van der Waals surface area contributed by atoms with E-state index in [4.69, 9.17) is 27.9 Å². The summed E-state index contributed by atoms with van der Waals surface area (Å²) in [6, 6.07) is 8.51. The Labute approximate surface area is 127 Å². The van der Waals surface area contributed by atoms with Crippen molar-refractivity contribution in [3.63, 3.8) is 0 Å². The highest BCUT2D eigenvalue weighted by Gasteiger charge is 2.26. The Morgan fingerprint density at radius 3 is 2.78 bits per heavy atom. The van der Waals surface area contributed by atoms with E-state index in [1.165, 1.54) is 17.5 Å². The first-order valence-electron chi connectivity index (χ1n) is 6.25. The molecular formula is C14H17BrCl2O. The van der Waals surface area contributed by atoms with Gasteiger partial charge >= 0.3 is 0 Å². The van der Waals surface area contributed by atoms with Gasteiger partial charge in [-0.2, -0.15) is 0 Å². The van der Waals surface area contributed by atoms with Gasteiger partial charge in [0.2, 0.25) is 0 Å². The Morgan fingerprint density at radius 2 is 2.06 bits per heavy atom. The third-order valence-electron chi connectivity index (χ3n) is 3.36. The van der Waals surface area contributed by atoms with Crippen molar-refractivity contribution < 1.29 is 4.74 Å². The molecule has 0 heterocycles. The standard InChI is InChI=1S/C14H17BrCl2O/c15-12(8-16)14(9-17)18-13-7-3-5-10-4-1-2-6-11(10)13/h1-2,4,6,12-14H,3,5,7-9H2. The maximum Gasteiger partial charge on any atom is 0.0855 e. The Morgan fingerprint density at radius 1 is 1.28 bits per heavy atom. The van der Waals surface area contributed by atoms with Crippen LogP contribution in [0, 0.1) is 0 Å². The van der Waals surface area contributed by atoms with Crippen molar-refractivity contribution in [2.24, 2.45) is 0 Å². The van der Waals surface area contributed by atoms with Crippen LogP contribution in [0.5, 0.6) is 0 Å². The summed E-state index contributed by atoms with van der Waals surface area (Å²) in [6.07, 6.45) is 3.49. The van der Waals surface area contributed by atoms with Crippen LogP contribution in [0.3, 0.4) is 0 Å². The van der Waals surface area contributed by atoms with E-state index in [0.29, 0.717) is 11.8 Å². The molecule has 100 valence electrons. The van der Waals surface area contributed by atoms with E-state index in [0.717, 1.165) is 12.8 Å². The van der Waals surface area contributed by atoms with E-state index in [2.05, 4.69) is 40.2 Å². The molecule has 3 unspecified atom stereocenters. The molecule has 0 aromatic heterocycles. The number of halogens is 3. The second-order valence-corrected chi connectivity index (χ2v) is 6.37. The van der Waals surface area contributed by atoms with Crippen LogP contribution in [0.2, 0.25) is 0 Å². The van der Waals surface area contributed by atoms with Gasteiger partial charge in [0.1, 0.15) is 0 Å². The van der Waals surface area contributed by atoms with Gasteiger partial charge in [0.15, 0.2) is 0 Å². The minimum atomic E-state index is -0.0414. The molecule has 0 N–H and O–H groups in total. The lowest BCUT2D eigenvalue weighted by Gasteiger charge is -2.30. The van der Waals surface area contributed by atoms with Gasteiger partial charge in [-0.05, 0) is 30.4 Å². The van der Waals surface area contributed by atoms with Crippen LogP contribution >= 0.6 is 39.1 Å². The maximum atomic E-state index is 6.16. The fourth-order valence-corrected chi connectivity index (χ4v) is 3.39. The monoisotopic (exact) mass is 350 g/mol. The molecule has 0 saturated carbocycles. The predicted molar refractivity (Wildman–Crippen MR) is 81.1 cm³/mol. The van der Waals surface area contributed by atoms with Gasteiger partial charge in [0.25, 0.3) is 0 Å². The SMILES string of the molecule is ClCC(Br)C(CCl)OC1CCCc2ccccc21. The lowest BCUT2D eigenvalue weighted by molar-refractivity contribution is -0.00822. The quantitative estimate of drug-likeness (QED) is 0.699. The van der Waals surface area contributed by atoms with E-state index in [9.17, 15) is 0 Å². The van der Waals surface area contributed by atoms with Crippen LogP contribution in [0.25, 0.3) is 0 Å². The second-order valence-electron chi connectivity index (χ2n) is 4.58. The van der Waals surface area contributed by atoms with Crippen LogP contribution in [0.4, 0.5) is 0 Å². The zero-order valence-corrected chi connectivity index (χ0v) is 13.2. The molecule has 0 amide bonds. The molecule has 1 aliphatic rings. The number of benzene rings is 1. The Hall–Kier alpha value is 0.240. The van der Waals surface area contributed by atoms with Crippen molar-refractivity contribution in [3.8, 4) is 0 Å². The lowest BCUT2D eigenvalue weighted by atomic mass is 9.89. The summed E-state index contributed by atoms with van der Waals surface area (Å²) in [6.45, 7) is 0. The van der Waals surface area contributed by atoms with E-state index in [1.807, 2.05) is 0 Å². The normalized spacial score (nSPS) is 22.3. The molecule has 0 aliphatic heterocycles. The van der Waals surface area contributed by atoms with E-state index < -0.39 is 0 Å². The van der Waals surface area contributed by atoms with E-state index >= 15 is 0 Å². The third kappa shape index (κ3) is 3.41. The molecule has 0 saturated heterocycles. The minimum absolute atomic E-state index is 0.0414. The van der Waals surface area contributed by atoms with Crippen molar-refractivity contribution in [2.45, 2.75) is 36.3 Å².